The maximum absolute atomic E-state index is 14.2. The zero-order valence-electron chi connectivity index (χ0n) is 22.5. The molecule has 1 aliphatic carbocycles. The van der Waals surface area contributed by atoms with E-state index < -0.39 is 11.7 Å². The van der Waals surface area contributed by atoms with Crippen LogP contribution in [0.25, 0.3) is 0 Å². The van der Waals surface area contributed by atoms with Gasteiger partial charge in [-0.3, -0.25) is 19.5 Å². The fourth-order valence-electron chi connectivity index (χ4n) is 6.57. The van der Waals surface area contributed by atoms with Crippen LogP contribution in [-0.2, 0) is 13.0 Å². The third-order valence-electron chi connectivity index (χ3n) is 9.09. The van der Waals surface area contributed by atoms with Crippen molar-refractivity contribution in [2.24, 2.45) is 5.41 Å². The Hall–Kier alpha value is -3.29. The highest BCUT2D eigenvalue weighted by atomic mass is 35.5. The van der Waals surface area contributed by atoms with Gasteiger partial charge in [0.15, 0.2) is 0 Å². The van der Waals surface area contributed by atoms with Crippen molar-refractivity contribution in [1.29, 1.82) is 0 Å². The van der Waals surface area contributed by atoms with Gasteiger partial charge < -0.3 is 10.2 Å². The Morgan fingerprint density at radius 1 is 1.00 bits per heavy atom. The second-order valence-corrected chi connectivity index (χ2v) is 11.9. The summed E-state index contributed by atoms with van der Waals surface area (Å²) in [7, 11) is 0. The van der Waals surface area contributed by atoms with E-state index in [-0.39, 0.29) is 17.5 Å². The van der Waals surface area contributed by atoms with E-state index in [4.69, 9.17) is 11.6 Å². The molecule has 0 bridgehead atoms. The number of benzene rings is 2. The monoisotopic (exact) mass is 560 g/mol. The summed E-state index contributed by atoms with van der Waals surface area (Å²) in [6.07, 6.45) is 7.76. The second kappa shape index (κ2) is 11.3. The molecule has 3 heterocycles. The minimum atomic E-state index is -0.606. The van der Waals surface area contributed by atoms with Gasteiger partial charge in [0.2, 0.25) is 0 Å². The number of aryl methyl sites for hydroxylation is 1. The molecule has 3 aromatic rings. The van der Waals surface area contributed by atoms with Crippen LogP contribution in [0.4, 0.5) is 4.39 Å². The van der Waals surface area contributed by atoms with Crippen LogP contribution in [0.2, 0.25) is 5.02 Å². The van der Waals surface area contributed by atoms with Gasteiger partial charge in [-0.05, 0) is 111 Å². The lowest BCUT2D eigenvalue weighted by atomic mass is 9.71. The Balaban J connectivity index is 1.06. The summed E-state index contributed by atoms with van der Waals surface area (Å²) in [5.74, 6) is -1.06. The average Bonchev–Trinajstić information content (AvgIpc) is 3.38. The summed E-state index contributed by atoms with van der Waals surface area (Å²) in [4.78, 5) is 35.3. The molecule has 1 unspecified atom stereocenters. The van der Waals surface area contributed by atoms with Crippen LogP contribution in [0.15, 0.2) is 60.8 Å². The zero-order valence-corrected chi connectivity index (χ0v) is 23.3. The van der Waals surface area contributed by atoms with Crippen LogP contribution in [0.5, 0.6) is 0 Å². The third-order valence-corrected chi connectivity index (χ3v) is 9.32. The second-order valence-electron chi connectivity index (χ2n) is 11.5. The number of hydrogen-bond acceptors (Lipinski definition) is 4. The van der Waals surface area contributed by atoms with E-state index in [1.165, 1.54) is 18.2 Å². The molecule has 40 heavy (non-hydrogen) atoms. The van der Waals surface area contributed by atoms with Gasteiger partial charge in [-0.2, -0.15) is 0 Å². The van der Waals surface area contributed by atoms with Gasteiger partial charge in [0, 0.05) is 36.4 Å². The minimum absolute atomic E-state index is 0.0445. The molecule has 1 aromatic heterocycles. The van der Waals surface area contributed by atoms with Crippen molar-refractivity contribution in [3.8, 4) is 0 Å². The average molecular weight is 561 g/mol. The van der Waals surface area contributed by atoms with Crippen molar-refractivity contribution in [3.63, 3.8) is 0 Å². The number of carbonyl (C=O) groups is 2. The van der Waals surface area contributed by atoms with E-state index in [0.29, 0.717) is 22.4 Å². The van der Waals surface area contributed by atoms with Crippen molar-refractivity contribution >= 4 is 23.4 Å². The molecule has 1 N–H and O–H groups in total. The molecular formula is C32H34ClFN4O2. The first kappa shape index (κ1) is 26.9. The molecule has 1 spiro atoms. The minimum Gasteiger partial charge on any atom is -0.345 e. The SMILES string of the molecule is O=C(NC1CCc2ccc(C(=O)N3CCC4(CCN(Cc5ccccn5)CC4)CC3)cc21)c1cc(Cl)ccc1F. The summed E-state index contributed by atoms with van der Waals surface area (Å²) in [6.45, 7) is 4.58. The number of nitrogens with zero attached hydrogens (tertiary/aromatic N) is 3. The van der Waals surface area contributed by atoms with E-state index in [1.807, 2.05) is 41.4 Å². The van der Waals surface area contributed by atoms with E-state index in [0.717, 1.165) is 81.6 Å². The summed E-state index contributed by atoms with van der Waals surface area (Å²) in [5.41, 5.74) is 4.07. The number of halogens is 2. The highest BCUT2D eigenvalue weighted by molar-refractivity contribution is 6.31. The lowest BCUT2D eigenvalue weighted by molar-refractivity contribution is 0.0282. The summed E-state index contributed by atoms with van der Waals surface area (Å²) in [6, 6.07) is 15.6. The third kappa shape index (κ3) is 5.63. The fourth-order valence-corrected chi connectivity index (χ4v) is 6.74. The molecule has 208 valence electrons. The van der Waals surface area contributed by atoms with Gasteiger partial charge in [0.1, 0.15) is 5.82 Å². The molecule has 3 aliphatic rings. The molecular weight excluding hydrogens is 527 g/mol. The molecule has 2 aromatic carbocycles. The number of fused-ring (bicyclic) bond motifs is 1. The van der Waals surface area contributed by atoms with Crippen molar-refractivity contribution in [3.05, 3.63) is 99.6 Å². The van der Waals surface area contributed by atoms with Crippen LogP contribution in [0.1, 0.15) is 75.7 Å². The Kier molecular flexibility index (Phi) is 7.60. The van der Waals surface area contributed by atoms with Crippen LogP contribution in [0, 0.1) is 11.2 Å². The van der Waals surface area contributed by atoms with Crippen molar-refractivity contribution < 1.29 is 14.0 Å². The molecule has 2 amide bonds. The van der Waals surface area contributed by atoms with Crippen LogP contribution >= 0.6 is 11.6 Å². The summed E-state index contributed by atoms with van der Waals surface area (Å²) >= 11 is 5.98. The predicted octanol–water partition coefficient (Wildman–Crippen LogP) is 5.81. The topological polar surface area (TPSA) is 65.5 Å². The molecule has 2 aliphatic heterocycles. The van der Waals surface area contributed by atoms with Gasteiger partial charge in [0.25, 0.3) is 11.8 Å². The van der Waals surface area contributed by atoms with Gasteiger partial charge >= 0.3 is 0 Å². The smallest absolute Gasteiger partial charge is 0.254 e. The molecule has 6 nitrogen and oxygen atoms in total. The van der Waals surface area contributed by atoms with E-state index in [1.54, 1.807) is 0 Å². The number of hydrogen-bond donors (Lipinski definition) is 1. The summed E-state index contributed by atoms with van der Waals surface area (Å²) in [5, 5.41) is 3.26. The Labute approximate surface area is 239 Å². The number of piperidine rings is 2. The zero-order chi connectivity index (χ0) is 27.7. The first-order valence-corrected chi connectivity index (χ1v) is 14.6. The number of carbonyl (C=O) groups excluding carboxylic acids is 2. The molecule has 2 fully saturated rings. The molecule has 0 radical (unpaired) electrons. The number of nitrogens with one attached hydrogen (secondary N) is 1. The normalized spacial score (nSPS) is 20.4. The first-order valence-electron chi connectivity index (χ1n) is 14.2. The number of aromatic nitrogens is 1. The Bertz CT molecular complexity index is 1400. The highest BCUT2D eigenvalue weighted by Gasteiger charge is 2.39. The Morgan fingerprint density at radius 2 is 1.77 bits per heavy atom. The van der Waals surface area contributed by atoms with Crippen molar-refractivity contribution in [2.75, 3.05) is 26.2 Å². The maximum Gasteiger partial charge on any atom is 0.254 e. The summed E-state index contributed by atoms with van der Waals surface area (Å²) < 4.78 is 14.2. The highest BCUT2D eigenvalue weighted by Crippen LogP contribution is 2.42. The van der Waals surface area contributed by atoms with Crippen molar-refractivity contribution in [2.45, 2.75) is 51.1 Å². The fraction of sp³-hybridized carbons (Fsp3) is 0.406. The van der Waals surface area contributed by atoms with E-state index >= 15 is 0 Å². The van der Waals surface area contributed by atoms with Gasteiger partial charge in [-0.1, -0.05) is 23.7 Å². The van der Waals surface area contributed by atoms with Crippen molar-refractivity contribution in [1.82, 2.24) is 20.1 Å². The van der Waals surface area contributed by atoms with E-state index in [9.17, 15) is 14.0 Å². The molecule has 1 atom stereocenters. The van der Waals surface area contributed by atoms with Gasteiger partial charge in [-0.15, -0.1) is 0 Å². The molecule has 2 saturated heterocycles. The largest absolute Gasteiger partial charge is 0.345 e. The van der Waals surface area contributed by atoms with E-state index in [2.05, 4.69) is 21.3 Å². The van der Waals surface area contributed by atoms with Crippen LogP contribution < -0.4 is 5.32 Å². The number of pyridine rings is 1. The predicted molar refractivity (Wildman–Crippen MR) is 153 cm³/mol. The lowest BCUT2D eigenvalue weighted by Gasteiger charge is -2.47. The van der Waals surface area contributed by atoms with Gasteiger partial charge in [0.05, 0.1) is 17.3 Å². The molecule has 0 saturated carbocycles. The molecule has 8 heteroatoms. The first-order chi connectivity index (χ1) is 19.4. The maximum atomic E-state index is 14.2. The quantitative estimate of drug-likeness (QED) is 0.428. The number of amides is 2. The molecule has 6 rings (SSSR count). The number of likely N-dealkylation sites (tertiary alicyclic amines) is 2. The standard InChI is InChI=1S/C32H34ClFN4O2/c33-24-7-8-28(34)27(20-24)30(39)36-29-9-6-22-4-5-23(19-26(22)29)31(40)38-17-12-32(13-18-38)10-15-37(16-11-32)21-25-3-1-2-14-35-25/h1-5,7-8,14,19-20,29H,6,9-13,15-18,21H2,(H,36,39). The van der Waals surface area contributed by atoms with Crippen LogP contribution in [0.3, 0.4) is 0 Å². The van der Waals surface area contributed by atoms with Gasteiger partial charge in [-0.25, -0.2) is 4.39 Å². The van der Waals surface area contributed by atoms with Crippen LogP contribution in [-0.4, -0.2) is 52.8 Å². The lowest BCUT2D eigenvalue weighted by Crippen LogP contribution is -2.48. The Morgan fingerprint density at radius 3 is 2.52 bits per heavy atom. The number of rotatable bonds is 5.